The molecule has 5 N–H and O–H groups in total. The van der Waals surface area contributed by atoms with Crippen molar-refractivity contribution in [2.45, 2.75) is 0 Å². The van der Waals surface area contributed by atoms with E-state index >= 15 is 0 Å². The number of nitrogens with two attached hydrogens (primary N) is 1. The summed E-state index contributed by atoms with van der Waals surface area (Å²) in [6.07, 6.45) is 0. The molecule has 0 aliphatic rings. The number of benzene rings is 1. The maximum Gasteiger partial charge on any atom is 0.337 e. The molecule has 7 nitrogen and oxygen atoms in total. The van der Waals surface area contributed by atoms with Gasteiger partial charge in [-0.05, 0) is 18.2 Å². The summed E-state index contributed by atoms with van der Waals surface area (Å²) >= 11 is 0. The minimum absolute atomic E-state index is 0.0918. The normalized spacial score (nSPS) is 9.61. The van der Waals surface area contributed by atoms with E-state index in [0.29, 0.717) is 0 Å². The summed E-state index contributed by atoms with van der Waals surface area (Å²) in [7, 11) is 0. The Hall–Kier alpha value is -2.64. The molecule has 1 rings (SSSR count). The Balaban J connectivity index is 2.81. The summed E-state index contributed by atoms with van der Waals surface area (Å²) in [6, 6.07) is 2.05. The predicted octanol–water partition coefficient (Wildman–Crippen LogP) is 0.131. The third kappa shape index (κ3) is 3.74. The van der Waals surface area contributed by atoms with E-state index in [4.69, 9.17) is 10.8 Å². The van der Waals surface area contributed by atoms with E-state index in [0.717, 1.165) is 18.2 Å². The number of nitrogens with one attached hydrogen (secondary N) is 2. The molecule has 1 aromatic carbocycles. The zero-order valence-corrected chi connectivity index (χ0v) is 9.07. The van der Waals surface area contributed by atoms with E-state index < -0.39 is 35.8 Å². The fourth-order valence-corrected chi connectivity index (χ4v) is 1.14. The predicted molar refractivity (Wildman–Crippen MR) is 59.6 cm³/mol. The lowest BCUT2D eigenvalue weighted by Crippen LogP contribution is -2.36. The lowest BCUT2D eigenvalue weighted by molar-refractivity contribution is -0.117. The van der Waals surface area contributed by atoms with Crippen molar-refractivity contribution >= 4 is 23.6 Å². The summed E-state index contributed by atoms with van der Waals surface area (Å²) < 4.78 is 12.8. The van der Waals surface area contributed by atoms with Crippen molar-refractivity contribution in [1.29, 1.82) is 0 Å². The minimum atomic E-state index is -1.39. The molecule has 0 aromatic heterocycles. The molecule has 0 saturated carbocycles. The molecule has 0 fully saturated rings. The number of hydrogen-bond acceptors (Lipinski definition) is 3. The van der Waals surface area contributed by atoms with Gasteiger partial charge in [-0.15, -0.1) is 0 Å². The van der Waals surface area contributed by atoms with Crippen LogP contribution in [-0.2, 0) is 4.79 Å². The van der Waals surface area contributed by atoms with Gasteiger partial charge in [0, 0.05) is 0 Å². The number of carbonyl (C=O) groups is 3. The van der Waals surface area contributed by atoms with Crippen molar-refractivity contribution in [2.75, 3.05) is 11.9 Å². The van der Waals surface area contributed by atoms with Gasteiger partial charge in [0.2, 0.25) is 5.91 Å². The van der Waals surface area contributed by atoms with Crippen LogP contribution in [0.15, 0.2) is 18.2 Å². The van der Waals surface area contributed by atoms with Crippen LogP contribution in [-0.4, -0.2) is 29.6 Å². The Labute approximate surface area is 101 Å². The quantitative estimate of drug-likeness (QED) is 0.610. The van der Waals surface area contributed by atoms with Crippen molar-refractivity contribution in [3.63, 3.8) is 0 Å². The smallest absolute Gasteiger partial charge is 0.337 e. The third-order valence-corrected chi connectivity index (χ3v) is 1.88. The van der Waals surface area contributed by atoms with Crippen LogP contribution < -0.4 is 16.4 Å². The molecule has 0 spiro atoms. The van der Waals surface area contributed by atoms with Gasteiger partial charge >= 0.3 is 12.0 Å². The standard InChI is InChI=1S/C10H10FN3O4/c11-5-1-2-7(6(3-5)9(16)17)14-10(18)13-4-8(12)15/h1-3H,4H2,(H2,12,15)(H,16,17)(H2,13,14,18). The number of halogens is 1. The molecule has 0 bridgehead atoms. The van der Waals surface area contributed by atoms with Crippen molar-refractivity contribution in [2.24, 2.45) is 5.73 Å². The summed E-state index contributed by atoms with van der Waals surface area (Å²) in [4.78, 5) is 32.5. The van der Waals surface area contributed by atoms with Crippen molar-refractivity contribution in [1.82, 2.24) is 5.32 Å². The van der Waals surface area contributed by atoms with Gasteiger partial charge in [-0.2, -0.15) is 0 Å². The Kier molecular flexibility index (Phi) is 4.19. The van der Waals surface area contributed by atoms with Crippen LogP contribution in [0, 0.1) is 5.82 Å². The molecular weight excluding hydrogens is 245 g/mol. The summed E-state index contributed by atoms with van der Waals surface area (Å²) in [5.41, 5.74) is 4.32. The van der Waals surface area contributed by atoms with Gasteiger partial charge in [-0.1, -0.05) is 0 Å². The second-order valence-corrected chi connectivity index (χ2v) is 3.27. The highest BCUT2D eigenvalue weighted by Crippen LogP contribution is 2.16. The second-order valence-electron chi connectivity index (χ2n) is 3.27. The molecule has 0 radical (unpaired) electrons. The number of primary amides is 1. The molecule has 96 valence electrons. The van der Waals surface area contributed by atoms with Crippen LogP contribution in [0.4, 0.5) is 14.9 Å². The second kappa shape index (κ2) is 5.62. The van der Waals surface area contributed by atoms with Crippen molar-refractivity contribution in [3.8, 4) is 0 Å². The Morgan fingerprint density at radius 2 is 2.00 bits per heavy atom. The summed E-state index contributed by atoms with van der Waals surface area (Å²) in [5, 5.41) is 13.1. The number of carbonyl (C=O) groups excluding carboxylic acids is 2. The fourth-order valence-electron chi connectivity index (χ4n) is 1.14. The monoisotopic (exact) mass is 255 g/mol. The van der Waals surface area contributed by atoms with Crippen molar-refractivity contribution < 1.29 is 23.9 Å². The van der Waals surface area contributed by atoms with Gasteiger partial charge < -0.3 is 21.5 Å². The average molecular weight is 255 g/mol. The van der Waals surface area contributed by atoms with E-state index in [9.17, 15) is 18.8 Å². The summed E-state index contributed by atoms with van der Waals surface area (Å²) in [5.74, 6) is -2.88. The maximum absolute atomic E-state index is 12.8. The number of hydrogen-bond donors (Lipinski definition) is 4. The third-order valence-electron chi connectivity index (χ3n) is 1.88. The fraction of sp³-hybridized carbons (Fsp3) is 0.100. The first-order valence-corrected chi connectivity index (χ1v) is 4.76. The SMILES string of the molecule is NC(=O)CNC(=O)Nc1ccc(F)cc1C(=O)O. The van der Waals surface area contributed by atoms with Crippen LogP contribution in [0.1, 0.15) is 10.4 Å². The topological polar surface area (TPSA) is 122 Å². The molecular formula is C10H10FN3O4. The van der Waals surface area contributed by atoms with Crippen LogP contribution in [0.5, 0.6) is 0 Å². The van der Waals surface area contributed by atoms with Gasteiger partial charge in [-0.25, -0.2) is 14.0 Å². The first kappa shape index (κ1) is 13.4. The van der Waals surface area contributed by atoms with Crippen LogP contribution >= 0.6 is 0 Å². The molecule has 0 aliphatic carbocycles. The van der Waals surface area contributed by atoms with E-state index in [1.807, 2.05) is 0 Å². The van der Waals surface area contributed by atoms with Gasteiger partial charge in [-0.3, -0.25) is 4.79 Å². The summed E-state index contributed by atoms with van der Waals surface area (Å²) in [6.45, 7) is -0.393. The van der Waals surface area contributed by atoms with Crippen LogP contribution in [0.3, 0.4) is 0 Å². The minimum Gasteiger partial charge on any atom is -0.478 e. The molecule has 0 atom stereocenters. The Morgan fingerprint density at radius 1 is 1.33 bits per heavy atom. The van der Waals surface area contributed by atoms with E-state index in [1.54, 1.807) is 0 Å². The van der Waals surface area contributed by atoms with Gasteiger partial charge in [0.1, 0.15) is 5.82 Å². The molecule has 8 heteroatoms. The zero-order valence-electron chi connectivity index (χ0n) is 9.07. The Morgan fingerprint density at radius 3 is 2.56 bits per heavy atom. The first-order chi connectivity index (χ1) is 8.40. The lowest BCUT2D eigenvalue weighted by atomic mass is 10.2. The van der Waals surface area contributed by atoms with Gasteiger partial charge in [0.25, 0.3) is 0 Å². The number of amides is 3. The molecule has 1 aromatic rings. The highest BCUT2D eigenvalue weighted by atomic mass is 19.1. The number of carboxylic acids is 1. The highest BCUT2D eigenvalue weighted by molar-refractivity contribution is 6.00. The molecule has 18 heavy (non-hydrogen) atoms. The average Bonchev–Trinajstić information content (AvgIpc) is 2.28. The van der Waals surface area contributed by atoms with E-state index in [1.165, 1.54) is 0 Å². The highest BCUT2D eigenvalue weighted by Gasteiger charge is 2.13. The number of rotatable bonds is 4. The van der Waals surface area contributed by atoms with Crippen molar-refractivity contribution in [3.05, 3.63) is 29.6 Å². The van der Waals surface area contributed by atoms with Crippen LogP contribution in [0.25, 0.3) is 0 Å². The molecule has 0 unspecified atom stereocenters. The first-order valence-electron chi connectivity index (χ1n) is 4.76. The van der Waals surface area contributed by atoms with E-state index in [-0.39, 0.29) is 5.69 Å². The lowest BCUT2D eigenvalue weighted by Gasteiger charge is -2.08. The maximum atomic E-state index is 12.8. The van der Waals surface area contributed by atoms with Gasteiger partial charge in [0.15, 0.2) is 0 Å². The number of aromatic carboxylic acids is 1. The van der Waals surface area contributed by atoms with E-state index in [2.05, 4.69) is 10.6 Å². The Bertz CT molecular complexity index is 504. The number of urea groups is 1. The number of anilines is 1. The largest absolute Gasteiger partial charge is 0.478 e. The molecule has 0 saturated heterocycles. The molecule has 0 heterocycles. The molecule has 0 aliphatic heterocycles. The van der Waals surface area contributed by atoms with Gasteiger partial charge in [0.05, 0.1) is 17.8 Å². The zero-order chi connectivity index (χ0) is 13.7. The molecule has 3 amide bonds. The van der Waals surface area contributed by atoms with Crippen LogP contribution in [0.2, 0.25) is 0 Å². The number of carboxylic acid groups (broad SMARTS) is 1.